The molecule has 7 nitrogen and oxygen atoms in total. The predicted octanol–water partition coefficient (Wildman–Crippen LogP) is 1.35. The molecule has 1 heterocycles. The summed E-state index contributed by atoms with van der Waals surface area (Å²) < 4.78 is 31.5. The molecule has 1 rings (SSSR count). The van der Waals surface area contributed by atoms with Gasteiger partial charge in [-0.25, -0.2) is 8.42 Å². The Balaban J connectivity index is 2.97. The number of amides is 1. The van der Waals surface area contributed by atoms with E-state index in [0.29, 0.717) is 0 Å². The fraction of sp³-hybridized carbons (Fsp3) is 0.571. The summed E-state index contributed by atoms with van der Waals surface area (Å²) in [7, 11) is -3.79. The van der Waals surface area contributed by atoms with E-state index in [1.165, 1.54) is 13.0 Å². The summed E-state index contributed by atoms with van der Waals surface area (Å²) in [6.45, 7) is 6.60. The molecule has 0 aliphatic heterocycles. The van der Waals surface area contributed by atoms with Crippen molar-refractivity contribution < 1.29 is 22.7 Å². The normalized spacial score (nSPS) is 11.7. The number of nitrogens with zero attached hydrogens (tertiary/aromatic N) is 1. The van der Waals surface area contributed by atoms with Crippen molar-refractivity contribution in [3.05, 3.63) is 17.0 Å². The number of sulfonamides is 1. The molecule has 0 saturated carbocycles. The zero-order valence-corrected chi connectivity index (χ0v) is 15.3. The third-order valence-electron chi connectivity index (χ3n) is 2.88. The maximum Gasteiger partial charge on any atom is 0.321 e. The van der Waals surface area contributed by atoms with Gasteiger partial charge in [0.05, 0.1) is 13.2 Å². The highest BCUT2D eigenvalue weighted by molar-refractivity contribution is 7.91. The molecule has 0 spiro atoms. The van der Waals surface area contributed by atoms with E-state index in [1.54, 1.807) is 26.8 Å². The van der Waals surface area contributed by atoms with Crippen LogP contribution in [-0.2, 0) is 30.9 Å². The highest BCUT2D eigenvalue weighted by Crippen LogP contribution is 2.26. The van der Waals surface area contributed by atoms with Crippen LogP contribution in [0.5, 0.6) is 0 Å². The zero-order valence-electron chi connectivity index (χ0n) is 13.7. The van der Waals surface area contributed by atoms with E-state index in [-0.39, 0.29) is 35.9 Å². The molecule has 1 aromatic rings. The van der Waals surface area contributed by atoms with Crippen LogP contribution in [-0.4, -0.2) is 43.8 Å². The van der Waals surface area contributed by atoms with Crippen molar-refractivity contribution in [3.8, 4) is 0 Å². The number of esters is 1. The van der Waals surface area contributed by atoms with Gasteiger partial charge in [0.1, 0.15) is 10.8 Å². The third-order valence-corrected chi connectivity index (χ3v) is 6.45. The van der Waals surface area contributed by atoms with Gasteiger partial charge in [-0.15, -0.1) is 11.3 Å². The molecule has 0 aromatic carbocycles. The second-order valence-corrected chi connectivity index (χ2v) is 8.37. The molecule has 1 amide bonds. The van der Waals surface area contributed by atoms with E-state index in [1.807, 2.05) is 0 Å². The molecule has 130 valence electrons. The van der Waals surface area contributed by atoms with Crippen LogP contribution in [0.15, 0.2) is 16.3 Å². The van der Waals surface area contributed by atoms with Gasteiger partial charge < -0.3 is 10.1 Å². The van der Waals surface area contributed by atoms with Gasteiger partial charge in [0.2, 0.25) is 5.91 Å². The predicted molar refractivity (Wildman–Crippen MR) is 87.5 cm³/mol. The maximum atomic E-state index is 12.7. The average molecular weight is 362 g/mol. The Morgan fingerprint density at radius 3 is 2.52 bits per heavy atom. The smallest absolute Gasteiger partial charge is 0.321 e. The molecule has 0 fully saturated rings. The van der Waals surface area contributed by atoms with Gasteiger partial charge in [0, 0.05) is 17.8 Å². The SMILES string of the molecule is CCOC(=O)CN(C(C)C)S(=O)(=O)c1ccc(CNC(C)=O)s1. The van der Waals surface area contributed by atoms with Gasteiger partial charge in [-0.3, -0.25) is 9.59 Å². The van der Waals surface area contributed by atoms with Crippen LogP contribution in [0.1, 0.15) is 32.6 Å². The second kappa shape index (κ2) is 8.42. The summed E-state index contributed by atoms with van der Waals surface area (Å²) >= 11 is 1.07. The van der Waals surface area contributed by atoms with Gasteiger partial charge >= 0.3 is 5.97 Å². The minimum atomic E-state index is -3.79. The number of ether oxygens (including phenoxy) is 1. The number of nitrogens with one attached hydrogen (secondary N) is 1. The van der Waals surface area contributed by atoms with E-state index >= 15 is 0 Å². The first-order valence-corrected chi connectivity index (χ1v) is 9.44. The molecule has 9 heteroatoms. The summed E-state index contributed by atoms with van der Waals surface area (Å²) in [4.78, 5) is 23.3. The van der Waals surface area contributed by atoms with Crippen molar-refractivity contribution in [2.75, 3.05) is 13.2 Å². The lowest BCUT2D eigenvalue weighted by Gasteiger charge is -2.24. The molecule has 0 unspecified atom stereocenters. The van der Waals surface area contributed by atoms with E-state index in [4.69, 9.17) is 4.74 Å². The van der Waals surface area contributed by atoms with Crippen LogP contribution in [0, 0.1) is 0 Å². The van der Waals surface area contributed by atoms with Crippen molar-refractivity contribution in [2.45, 2.75) is 44.5 Å². The number of hydrogen-bond donors (Lipinski definition) is 1. The minimum Gasteiger partial charge on any atom is -0.465 e. The van der Waals surface area contributed by atoms with Crippen LogP contribution in [0.2, 0.25) is 0 Å². The number of carbonyl (C=O) groups excluding carboxylic acids is 2. The van der Waals surface area contributed by atoms with E-state index in [2.05, 4.69) is 5.32 Å². The lowest BCUT2D eigenvalue weighted by atomic mass is 10.4. The van der Waals surface area contributed by atoms with Gasteiger partial charge in [-0.1, -0.05) is 0 Å². The van der Waals surface area contributed by atoms with Crippen LogP contribution < -0.4 is 5.32 Å². The number of rotatable bonds is 8. The molecule has 0 saturated heterocycles. The Kier molecular flexibility index (Phi) is 7.17. The largest absolute Gasteiger partial charge is 0.465 e. The molecule has 0 atom stereocenters. The van der Waals surface area contributed by atoms with Crippen LogP contribution in [0.25, 0.3) is 0 Å². The fourth-order valence-corrected chi connectivity index (χ4v) is 4.80. The first kappa shape index (κ1) is 19.6. The quantitative estimate of drug-likeness (QED) is 0.705. The molecule has 1 N–H and O–H groups in total. The number of thiophene rings is 1. The first-order chi connectivity index (χ1) is 10.7. The molecule has 1 aromatic heterocycles. The van der Waals surface area contributed by atoms with Crippen molar-refractivity contribution in [1.29, 1.82) is 0 Å². The van der Waals surface area contributed by atoms with Crippen LogP contribution >= 0.6 is 11.3 Å². The minimum absolute atomic E-state index is 0.135. The lowest BCUT2D eigenvalue weighted by Crippen LogP contribution is -2.40. The Hall–Kier alpha value is -1.45. The van der Waals surface area contributed by atoms with Crippen molar-refractivity contribution in [2.24, 2.45) is 0 Å². The average Bonchev–Trinajstić information content (AvgIpc) is 2.92. The Morgan fingerprint density at radius 2 is 2.00 bits per heavy atom. The standard InChI is InChI=1S/C14H22N2O5S2/c1-5-21-13(18)9-16(10(2)3)23(19,20)14-7-6-12(22-14)8-15-11(4)17/h6-7,10H,5,8-9H2,1-4H3,(H,15,17). The molecule has 0 aliphatic carbocycles. The zero-order chi connectivity index (χ0) is 17.6. The summed E-state index contributed by atoms with van der Waals surface area (Å²) in [6, 6.07) is 2.75. The van der Waals surface area contributed by atoms with Gasteiger partial charge in [0.25, 0.3) is 10.0 Å². The van der Waals surface area contributed by atoms with Crippen molar-refractivity contribution >= 4 is 33.2 Å². The molecular weight excluding hydrogens is 340 g/mol. The molecule has 23 heavy (non-hydrogen) atoms. The molecule has 0 bridgehead atoms. The summed E-state index contributed by atoms with van der Waals surface area (Å²) in [6.07, 6.45) is 0. The highest BCUT2D eigenvalue weighted by atomic mass is 32.2. The van der Waals surface area contributed by atoms with Gasteiger partial charge in [-0.2, -0.15) is 4.31 Å². The van der Waals surface area contributed by atoms with Gasteiger partial charge in [-0.05, 0) is 32.9 Å². The second-order valence-electron chi connectivity index (χ2n) is 5.08. The number of carbonyl (C=O) groups is 2. The summed E-state index contributed by atoms with van der Waals surface area (Å²) in [5, 5.41) is 2.62. The molecular formula is C14H22N2O5S2. The Bertz CT molecular complexity index is 652. The fourth-order valence-electron chi connectivity index (χ4n) is 1.80. The molecule has 0 aliphatic rings. The van der Waals surface area contributed by atoms with E-state index in [0.717, 1.165) is 20.5 Å². The van der Waals surface area contributed by atoms with Crippen molar-refractivity contribution in [3.63, 3.8) is 0 Å². The monoisotopic (exact) mass is 362 g/mol. The topological polar surface area (TPSA) is 92.8 Å². The van der Waals surface area contributed by atoms with Crippen LogP contribution in [0.4, 0.5) is 0 Å². The van der Waals surface area contributed by atoms with Crippen LogP contribution in [0.3, 0.4) is 0 Å². The molecule has 0 radical (unpaired) electrons. The summed E-state index contributed by atoms with van der Waals surface area (Å²) in [5.74, 6) is -0.770. The third kappa shape index (κ3) is 5.60. The Labute approximate surface area is 140 Å². The Morgan fingerprint density at radius 1 is 1.35 bits per heavy atom. The first-order valence-electron chi connectivity index (χ1n) is 7.19. The maximum absolute atomic E-state index is 12.7. The number of hydrogen-bond acceptors (Lipinski definition) is 6. The van der Waals surface area contributed by atoms with Crippen molar-refractivity contribution in [1.82, 2.24) is 9.62 Å². The van der Waals surface area contributed by atoms with E-state index in [9.17, 15) is 18.0 Å². The summed E-state index contributed by atoms with van der Waals surface area (Å²) in [5.41, 5.74) is 0. The van der Waals surface area contributed by atoms with Gasteiger partial charge in [0.15, 0.2) is 0 Å². The lowest BCUT2D eigenvalue weighted by molar-refractivity contribution is -0.143. The highest BCUT2D eigenvalue weighted by Gasteiger charge is 2.30. The van der Waals surface area contributed by atoms with E-state index < -0.39 is 16.0 Å².